The SMILES string of the molecule is Cc1cc(Cl)ccc1Oc1ccc(CN2C[C@@H](C)[C@H](C(=O)O)C2)cc1. The Morgan fingerprint density at radius 1 is 1.24 bits per heavy atom. The topological polar surface area (TPSA) is 49.8 Å². The minimum atomic E-state index is -0.697. The molecule has 0 spiro atoms. The summed E-state index contributed by atoms with van der Waals surface area (Å²) in [5, 5.41) is 9.93. The van der Waals surface area contributed by atoms with Crippen molar-refractivity contribution in [3.8, 4) is 11.5 Å². The molecule has 0 unspecified atom stereocenters. The number of aryl methyl sites for hydroxylation is 1. The number of carboxylic acids is 1. The summed E-state index contributed by atoms with van der Waals surface area (Å²) in [6.45, 7) is 6.15. The van der Waals surface area contributed by atoms with Crippen molar-refractivity contribution in [2.75, 3.05) is 13.1 Å². The van der Waals surface area contributed by atoms with Gasteiger partial charge in [0.25, 0.3) is 0 Å². The lowest BCUT2D eigenvalue weighted by atomic mass is 9.99. The first kappa shape index (κ1) is 17.8. The fourth-order valence-electron chi connectivity index (χ4n) is 3.29. The molecule has 1 saturated heterocycles. The number of carbonyl (C=O) groups is 1. The third kappa shape index (κ3) is 4.33. The number of nitrogens with zero attached hydrogens (tertiary/aromatic N) is 1. The average Bonchev–Trinajstić information content (AvgIpc) is 2.92. The Kier molecular flexibility index (Phi) is 5.30. The molecular weight excluding hydrogens is 338 g/mol. The zero-order valence-corrected chi connectivity index (χ0v) is 15.2. The number of rotatable bonds is 5. The maximum atomic E-state index is 11.2. The zero-order chi connectivity index (χ0) is 18.0. The van der Waals surface area contributed by atoms with Crippen molar-refractivity contribution < 1.29 is 14.6 Å². The lowest BCUT2D eigenvalue weighted by Crippen LogP contribution is -2.23. The number of hydrogen-bond donors (Lipinski definition) is 1. The molecule has 0 radical (unpaired) electrons. The lowest BCUT2D eigenvalue weighted by molar-refractivity contribution is -0.142. The standard InChI is InChI=1S/C20H22ClNO3/c1-13-9-16(21)5-8-19(13)25-17-6-3-15(4-7-17)11-22-10-14(2)18(12-22)20(23)24/h3-9,14,18H,10-12H2,1-2H3,(H,23,24)/t14-,18-/m1/s1. The Morgan fingerprint density at radius 3 is 2.56 bits per heavy atom. The van der Waals surface area contributed by atoms with Crippen molar-refractivity contribution in [3.05, 3.63) is 58.6 Å². The molecule has 3 rings (SSSR count). The maximum absolute atomic E-state index is 11.2. The molecule has 2 aromatic rings. The van der Waals surface area contributed by atoms with Gasteiger partial charge in [0.05, 0.1) is 5.92 Å². The number of hydrogen-bond acceptors (Lipinski definition) is 3. The summed E-state index contributed by atoms with van der Waals surface area (Å²) < 4.78 is 5.90. The Hall–Kier alpha value is -2.04. The van der Waals surface area contributed by atoms with E-state index in [9.17, 15) is 9.90 Å². The van der Waals surface area contributed by atoms with Gasteiger partial charge in [-0.15, -0.1) is 0 Å². The van der Waals surface area contributed by atoms with Gasteiger partial charge in [-0.25, -0.2) is 0 Å². The minimum Gasteiger partial charge on any atom is -0.481 e. The molecule has 5 heteroatoms. The van der Waals surface area contributed by atoms with Crippen molar-refractivity contribution in [1.82, 2.24) is 4.90 Å². The molecule has 1 N–H and O–H groups in total. The van der Waals surface area contributed by atoms with Crippen LogP contribution in [-0.4, -0.2) is 29.1 Å². The summed E-state index contributed by atoms with van der Waals surface area (Å²) in [6, 6.07) is 13.5. The smallest absolute Gasteiger partial charge is 0.308 e. The molecule has 1 aliphatic rings. The predicted octanol–water partition coefficient (Wildman–Crippen LogP) is 4.59. The first-order valence-electron chi connectivity index (χ1n) is 8.40. The van der Waals surface area contributed by atoms with Crippen molar-refractivity contribution in [3.63, 3.8) is 0 Å². The van der Waals surface area contributed by atoms with Crippen LogP contribution in [0.3, 0.4) is 0 Å². The van der Waals surface area contributed by atoms with Gasteiger partial charge in [0.15, 0.2) is 0 Å². The zero-order valence-electron chi connectivity index (χ0n) is 14.4. The molecule has 2 atom stereocenters. The molecule has 132 valence electrons. The molecule has 0 amide bonds. The minimum absolute atomic E-state index is 0.188. The van der Waals surface area contributed by atoms with Crippen LogP contribution in [0.5, 0.6) is 11.5 Å². The highest BCUT2D eigenvalue weighted by molar-refractivity contribution is 6.30. The van der Waals surface area contributed by atoms with Crippen LogP contribution < -0.4 is 4.74 Å². The van der Waals surface area contributed by atoms with Gasteiger partial charge < -0.3 is 9.84 Å². The summed E-state index contributed by atoms with van der Waals surface area (Å²) in [5.41, 5.74) is 2.14. The van der Waals surface area contributed by atoms with E-state index < -0.39 is 5.97 Å². The van der Waals surface area contributed by atoms with Gasteiger partial charge in [-0.3, -0.25) is 9.69 Å². The second-order valence-corrected chi connectivity index (χ2v) is 7.21. The molecule has 0 bridgehead atoms. The highest BCUT2D eigenvalue weighted by Gasteiger charge is 2.34. The molecule has 4 nitrogen and oxygen atoms in total. The van der Waals surface area contributed by atoms with Crippen LogP contribution in [0.1, 0.15) is 18.1 Å². The van der Waals surface area contributed by atoms with Crippen LogP contribution >= 0.6 is 11.6 Å². The van der Waals surface area contributed by atoms with Crippen molar-refractivity contribution in [2.45, 2.75) is 20.4 Å². The monoisotopic (exact) mass is 359 g/mol. The van der Waals surface area contributed by atoms with Gasteiger partial charge in [-0.1, -0.05) is 30.7 Å². The molecular formula is C20H22ClNO3. The second kappa shape index (κ2) is 7.46. The molecule has 1 heterocycles. The third-order valence-electron chi connectivity index (χ3n) is 4.70. The van der Waals surface area contributed by atoms with Gasteiger partial charge in [0, 0.05) is 24.7 Å². The Bertz CT molecular complexity index is 760. The van der Waals surface area contributed by atoms with Gasteiger partial charge >= 0.3 is 5.97 Å². The van der Waals surface area contributed by atoms with Crippen molar-refractivity contribution in [1.29, 1.82) is 0 Å². The predicted molar refractivity (Wildman–Crippen MR) is 98.3 cm³/mol. The number of aliphatic carboxylic acids is 1. The number of ether oxygens (including phenoxy) is 1. The Balaban J connectivity index is 1.62. The highest BCUT2D eigenvalue weighted by atomic mass is 35.5. The van der Waals surface area contributed by atoms with E-state index in [0.717, 1.165) is 35.7 Å². The summed E-state index contributed by atoms with van der Waals surface area (Å²) in [7, 11) is 0. The van der Waals surface area contributed by atoms with Crippen molar-refractivity contribution in [2.24, 2.45) is 11.8 Å². The number of likely N-dealkylation sites (tertiary alicyclic amines) is 1. The molecule has 25 heavy (non-hydrogen) atoms. The highest BCUT2D eigenvalue weighted by Crippen LogP contribution is 2.28. The summed E-state index contributed by atoms with van der Waals surface area (Å²) in [5.74, 6) is 0.780. The number of benzene rings is 2. The number of halogens is 1. The number of carboxylic acid groups (broad SMARTS) is 1. The normalized spacial score (nSPS) is 20.6. The summed E-state index contributed by atoms with van der Waals surface area (Å²) in [6.07, 6.45) is 0. The van der Waals surface area contributed by atoms with E-state index in [2.05, 4.69) is 4.90 Å². The van der Waals surface area contributed by atoms with Crippen LogP contribution in [0, 0.1) is 18.8 Å². The molecule has 0 aromatic heterocycles. The fourth-order valence-corrected chi connectivity index (χ4v) is 3.52. The van der Waals surface area contributed by atoms with E-state index in [1.807, 2.05) is 56.3 Å². The van der Waals surface area contributed by atoms with Gasteiger partial charge in [0.1, 0.15) is 11.5 Å². The van der Waals surface area contributed by atoms with Gasteiger partial charge in [-0.05, 0) is 54.3 Å². The summed E-state index contributed by atoms with van der Waals surface area (Å²) >= 11 is 5.96. The van der Waals surface area contributed by atoms with E-state index in [1.165, 1.54) is 0 Å². The van der Waals surface area contributed by atoms with Crippen LogP contribution in [0.15, 0.2) is 42.5 Å². The average molecular weight is 360 g/mol. The first-order chi connectivity index (χ1) is 11.9. The lowest BCUT2D eigenvalue weighted by Gasteiger charge is -2.16. The van der Waals surface area contributed by atoms with E-state index in [4.69, 9.17) is 16.3 Å². The van der Waals surface area contributed by atoms with Gasteiger partial charge in [-0.2, -0.15) is 0 Å². The van der Waals surface area contributed by atoms with E-state index in [1.54, 1.807) is 0 Å². The maximum Gasteiger partial charge on any atom is 0.308 e. The molecule has 1 fully saturated rings. The largest absolute Gasteiger partial charge is 0.481 e. The Morgan fingerprint density at radius 2 is 1.96 bits per heavy atom. The van der Waals surface area contributed by atoms with Crippen LogP contribution in [0.4, 0.5) is 0 Å². The van der Waals surface area contributed by atoms with E-state index in [0.29, 0.717) is 11.6 Å². The fraction of sp³-hybridized carbons (Fsp3) is 0.350. The molecule has 0 saturated carbocycles. The van der Waals surface area contributed by atoms with Gasteiger partial charge in [0.2, 0.25) is 0 Å². The third-order valence-corrected chi connectivity index (χ3v) is 4.93. The van der Waals surface area contributed by atoms with Crippen LogP contribution in [-0.2, 0) is 11.3 Å². The van der Waals surface area contributed by atoms with E-state index >= 15 is 0 Å². The first-order valence-corrected chi connectivity index (χ1v) is 8.78. The second-order valence-electron chi connectivity index (χ2n) is 6.77. The Labute approximate surface area is 153 Å². The van der Waals surface area contributed by atoms with E-state index in [-0.39, 0.29) is 11.8 Å². The van der Waals surface area contributed by atoms with Crippen LogP contribution in [0.25, 0.3) is 0 Å². The van der Waals surface area contributed by atoms with Crippen LogP contribution in [0.2, 0.25) is 5.02 Å². The summed E-state index contributed by atoms with van der Waals surface area (Å²) in [4.78, 5) is 13.4. The quantitative estimate of drug-likeness (QED) is 0.848. The van der Waals surface area contributed by atoms with Crippen molar-refractivity contribution >= 4 is 17.6 Å². The molecule has 1 aliphatic heterocycles. The molecule has 0 aliphatic carbocycles. The molecule has 2 aromatic carbocycles.